The summed E-state index contributed by atoms with van der Waals surface area (Å²) >= 11 is 0. The third kappa shape index (κ3) is 2.59. The fraction of sp³-hybridized carbons (Fsp3) is 0.263. The first kappa shape index (κ1) is 13.9. The summed E-state index contributed by atoms with van der Waals surface area (Å²) in [6.07, 6.45) is 0. The van der Waals surface area contributed by atoms with E-state index in [0.29, 0.717) is 5.92 Å². The van der Waals surface area contributed by atoms with Gasteiger partial charge >= 0.3 is 0 Å². The van der Waals surface area contributed by atoms with Crippen LogP contribution in [0, 0.1) is 5.92 Å². The summed E-state index contributed by atoms with van der Waals surface area (Å²) in [4.78, 5) is 0. The van der Waals surface area contributed by atoms with E-state index in [4.69, 9.17) is 4.42 Å². The highest BCUT2D eigenvalue weighted by atomic mass is 16.3. The second-order valence-corrected chi connectivity index (χ2v) is 5.75. The summed E-state index contributed by atoms with van der Waals surface area (Å²) in [5, 5.41) is 4.50. The van der Waals surface area contributed by atoms with E-state index in [-0.39, 0.29) is 6.04 Å². The molecule has 0 spiro atoms. The highest BCUT2D eigenvalue weighted by molar-refractivity contribution is 5.92. The summed E-state index contributed by atoms with van der Waals surface area (Å²) in [6, 6.07) is 19.1. The molecule has 3 aromatic rings. The minimum atomic E-state index is 0.237. The number of nitrogens with one attached hydrogen (secondary N) is 1. The van der Waals surface area contributed by atoms with Crippen molar-refractivity contribution in [3.63, 3.8) is 0 Å². The van der Waals surface area contributed by atoms with Crippen LogP contribution in [0.3, 0.4) is 0 Å². The highest BCUT2D eigenvalue weighted by Gasteiger charge is 2.19. The Balaban J connectivity index is 2.14. The first-order valence-electron chi connectivity index (χ1n) is 7.46. The Morgan fingerprint density at radius 3 is 2.38 bits per heavy atom. The molecule has 21 heavy (non-hydrogen) atoms. The predicted molar refractivity (Wildman–Crippen MR) is 88.3 cm³/mol. The van der Waals surface area contributed by atoms with Crippen molar-refractivity contribution in [2.75, 3.05) is 7.05 Å². The molecule has 1 atom stereocenters. The lowest BCUT2D eigenvalue weighted by molar-refractivity contribution is 0.371. The molecule has 0 amide bonds. The van der Waals surface area contributed by atoms with Gasteiger partial charge in [0.15, 0.2) is 0 Å². The average molecular weight is 279 g/mol. The van der Waals surface area contributed by atoms with Crippen LogP contribution in [-0.4, -0.2) is 7.05 Å². The molecule has 0 saturated carbocycles. The van der Waals surface area contributed by atoms with E-state index in [1.807, 2.05) is 13.1 Å². The minimum absolute atomic E-state index is 0.237. The maximum absolute atomic E-state index is 6.21. The SMILES string of the molecule is CNC(c1cc2cccc(-c3ccccc3)c2o1)C(C)C. The maximum atomic E-state index is 6.21. The Morgan fingerprint density at radius 1 is 0.952 bits per heavy atom. The van der Waals surface area contributed by atoms with Crippen molar-refractivity contribution in [2.24, 2.45) is 5.92 Å². The van der Waals surface area contributed by atoms with Gasteiger partial charge in [-0.25, -0.2) is 0 Å². The van der Waals surface area contributed by atoms with Crippen molar-refractivity contribution < 1.29 is 4.42 Å². The Hall–Kier alpha value is -2.06. The monoisotopic (exact) mass is 279 g/mol. The van der Waals surface area contributed by atoms with E-state index in [0.717, 1.165) is 22.3 Å². The van der Waals surface area contributed by atoms with Crippen molar-refractivity contribution in [1.29, 1.82) is 0 Å². The summed E-state index contributed by atoms with van der Waals surface area (Å²) in [5.74, 6) is 1.49. The molecule has 2 nitrogen and oxygen atoms in total. The quantitative estimate of drug-likeness (QED) is 0.725. The van der Waals surface area contributed by atoms with Crippen LogP contribution in [-0.2, 0) is 0 Å². The van der Waals surface area contributed by atoms with Gasteiger partial charge in [0.05, 0.1) is 6.04 Å². The van der Waals surface area contributed by atoms with E-state index in [9.17, 15) is 0 Å². The fourth-order valence-corrected chi connectivity index (χ4v) is 2.89. The lowest BCUT2D eigenvalue weighted by Gasteiger charge is -2.17. The normalized spacial score (nSPS) is 13.0. The molecule has 0 bridgehead atoms. The molecular formula is C19H21NO. The van der Waals surface area contributed by atoms with Crippen LogP contribution in [0.5, 0.6) is 0 Å². The zero-order valence-electron chi connectivity index (χ0n) is 12.8. The van der Waals surface area contributed by atoms with Crippen LogP contribution in [0.1, 0.15) is 25.6 Å². The number of para-hydroxylation sites is 1. The largest absolute Gasteiger partial charge is 0.459 e. The molecule has 108 valence electrons. The Bertz CT molecular complexity index is 728. The van der Waals surface area contributed by atoms with Crippen molar-refractivity contribution in [1.82, 2.24) is 5.32 Å². The van der Waals surface area contributed by atoms with Gasteiger partial charge in [-0.05, 0) is 24.6 Å². The molecule has 1 unspecified atom stereocenters. The Kier molecular flexibility index (Phi) is 3.80. The van der Waals surface area contributed by atoms with E-state index in [2.05, 4.69) is 67.7 Å². The van der Waals surface area contributed by atoms with Gasteiger partial charge in [0.1, 0.15) is 11.3 Å². The third-order valence-electron chi connectivity index (χ3n) is 3.93. The lowest BCUT2D eigenvalue weighted by atomic mass is 10.0. The predicted octanol–water partition coefficient (Wildman–Crippen LogP) is 5.02. The fourth-order valence-electron chi connectivity index (χ4n) is 2.89. The summed E-state index contributed by atoms with van der Waals surface area (Å²) in [7, 11) is 1.98. The number of furan rings is 1. The van der Waals surface area contributed by atoms with Gasteiger partial charge in [0.2, 0.25) is 0 Å². The van der Waals surface area contributed by atoms with Crippen molar-refractivity contribution in [2.45, 2.75) is 19.9 Å². The standard InChI is InChI=1S/C19H21NO/c1-13(2)18(20-3)17-12-15-10-7-11-16(19(15)21-17)14-8-5-4-6-9-14/h4-13,18,20H,1-3H3. The number of hydrogen-bond acceptors (Lipinski definition) is 2. The van der Waals surface area contributed by atoms with Gasteiger partial charge in [-0.1, -0.05) is 62.4 Å². The van der Waals surface area contributed by atoms with E-state index >= 15 is 0 Å². The van der Waals surface area contributed by atoms with Gasteiger partial charge in [-0.15, -0.1) is 0 Å². The molecule has 0 saturated heterocycles. The van der Waals surface area contributed by atoms with E-state index < -0.39 is 0 Å². The summed E-state index contributed by atoms with van der Waals surface area (Å²) in [6.45, 7) is 4.40. The number of benzene rings is 2. The molecule has 0 aliphatic rings. The first-order valence-corrected chi connectivity index (χ1v) is 7.46. The topological polar surface area (TPSA) is 25.2 Å². The zero-order chi connectivity index (χ0) is 14.8. The van der Waals surface area contributed by atoms with Gasteiger partial charge in [0.25, 0.3) is 0 Å². The third-order valence-corrected chi connectivity index (χ3v) is 3.93. The van der Waals surface area contributed by atoms with Crippen molar-refractivity contribution in [3.8, 4) is 11.1 Å². The highest BCUT2D eigenvalue weighted by Crippen LogP contribution is 2.34. The second-order valence-electron chi connectivity index (χ2n) is 5.75. The van der Waals surface area contributed by atoms with Gasteiger partial charge < -0.3 is 9.73 Å². The van der Waals surface area contributed by atoms with Crippen LogP contribution >= 0.6 is 0 Å². The molecule has 0 fully saturated rings. The summed E-state index contributed by atoms with van der Waals surface area (Å²) < 4.78 is 6.21. The molecule has 1 N–H and O–H groups in total. The zero-order valence-corrected chi connectivity index (χ0v) is 12.8. The molecule has 0 radical (unpaired) electrons. The van der Waals surface area contributed by atoms with Crippen molar-refractivity contribution >= 4 is 11.0 Å². The van der Waals surface area contributed by atoms with Gasteiger partial charge in [0, 0.05) is 10.9 Å². The number of hydrogen-bond donors (Lipinski definition) is 1. The lowest BCUT2D eigenvalue weighted by Crippen LogP contribution is -2.20. The maximum Gasteiger partial charge on any atom is 0.142 e. The van der Waals surface area contributed by atoms with Crippen LogP contribution in [0.25, 0.3) is 22.1 Å². The number of rotatable bonds is 4. The second kappa shape index (κ2) is 5.74. The molecule has 2 aromatic carbocycles. The minimum Gasteiger partial charge on any atom is -0.459 e. The van der Waals surface area contributed by atoms with E-state index in [1.165, 1.54) is 5.56 Å². The molecule has 0 aliphatic heterocycles. The molecule has 1 aromatic heterocycles. The van der Waals surface area contributed by atoms with Crippen molar-refractivity contribution in [3.05, 3.63) is 60.4 Å². The first-order chi connectivity index (χ1) is 10.2. The van der Waals surface area contributed by atoms with Crippen LogP contribution < -0.4 is 5.32 Å². The van der Waals surface area contributed by atoms with E-state index in [1.54, 1.807) is 0 Å². The molecule has 3 rings (SSSR count). The molecule has 1 heterocycles. The van der Waals surface area contributed by atoms with Gasteiger partial charge in [-0.3, -0.25) is 0 Å². The molecule has 0 aliphatic carbocycles. The molecular weight excluding hydrogens is 258 g/mol. The van der Waals surface area contributed by atoms with Crippen LogP contribution in [0.2, 0.25) is 0 Å². The summed E-state index contributed by atoms with van der Waals surface area (Å²) in [5.41, 5.74) is 3.31. The smallest absolute Gasteiger partial charge is 0.142 e. The van der Waals surface area contributed by atoms with Gasteiger partial charge in [-0.2, -0.15) is 0 Å². The molecule has 2 heteroatoms. The van der Waals surface area contributed by atoms with Crippen LogP contribution in [0.4, 0.5) is 0 Å². The number of fused-ring (bicyclic) bond motifs is 1. The Labute approximate surface area is 125 Å². The Morgan fingerprint density at radius 2 is 1.71 bits per heavy atom. The average Bonchev–Trinajstić information content (AvgIpc) is 2.91. The van der Waals surface area contributed by atoms with Crippen LogP contribution in [0.15, 0.2) is 59.0 Å².